The first-order valence-electron chi connectivity index (χ1n) is 10.7. The first-order valence-corrected chi connectivity index (χ1v) is 12.2. The van der Waals surface area contributed by atoms with Crippen molar-refractivity contribution in [3.63, 3.8) is 0 Å². The van der Waals surface area contributed by atoms with Gasteiger partial charge < -0.3 is 10.2 Å². The van der Waals surface area contributed by atoms with Crippen molar-refractivity contribution in [2.45, 2.75) is 30.3 Å². The molecule has 2 heterocycles. The number of likely N-dealkylation sites (tertiary alicyclic amines) is 1. The molecule has 0 aliphatic carbocycles. The normalized spacial score (nSPS) is 18.9. The number of nitrogens with one attached hydrogen (secondary N) is 1. The molecule has 0 bridgehead atoms. The summed E-state index contributed by atoms with van der Waals surface area (Å²) in [5.41, 5.74) is 0.384. The summed E-state index contributed by atoms with van der Waals surface area (Å²) < 4.78 is 53.5. The zero-order valence-corrected chi connectivity index (χ0v) is 18.9. The lowest BCUT2D eigenvalue weighted by Crippen LogP contribution is -2.49. The Labute approximate surface area is 195 Å². The first-order chi connectivity index (χ1) is 16.2. The Balaban J connectivity index is 1.45. The van der Waals surface area contributed by atoms with Gasteiger partial charge in [-0.15, -0.1) is 0 Å². The molecule has 2 aromatic rings. The van der Waals surface area contributed by atoms with Crippen LogP contribution in [-0.4, -0.2) is 55.1 Å². The maximum Gasteiger partial charge on any atom is 0.254 e. The average molecular weight is 489 g/mol. The highest BCUT2D eigenvalue weighted by atomic mass is 32.2. The van der Waals surface area contributed by atoms with E-state index >= 15 is 0 Å². The third kappa shape index (κ3) is 4.78. The predicted octanol–water partition coefficient (Wildman–Crippen LogP) is 2.03. The fourth-order valence-electron chi connectivity index (χ4n) is 4.12. The molecule has 2 fully saturated rings. The summed E-state index contributed by atoms with van der Waals surface area (Å²) in [7, 11) is -3.83. The molecular weight excluding hydrogens is 466 g/mol. The molecule has 2 saturated heterocycles. The van der Waals surface area contributed by atoms with E-state index < -0.39 is 39.5 Å². The summed E-state index contributed by atoms with van der Waals surface area (Å²) in [6, 6.07) is 9.82. The summed E-state index contributed by atoms with van der Waals surface area (Å²) in [5.74, 6) is -2.78. The van der Waals surface area contributed by atoms with Gasteiger partial charge in [-0.05, 0) is 48.7 Å². The van der Waals surface area contributed by atoms with Gasteiger partial charge in [0.1, 0.15) is 17.7 Å². The van der Waals surface area contributed by atoms with Crippen molar-refractivity contribution in [2.24, 2.45) is 5.92 Å². The molecule has 0 radical (unpaired) electrons. The molecule has 2 aliphatic heterocycles. The summed E-state index contributed by atoms with van der Waals surface area (Å²) in [6.07, 6.45) is 0.996. The number of benzene rings is 2. The molecule has 2 aromatic carbocycles. The number of nitrogens with zero attached hydrogens (tertiary/aromatic N) is 3. The maximum absolute atomic E-state index is 13.4. The Bertz CT molecular complexity index is 1250. The second-order valence-electron chi connectivity index (χ2n) is 8.33. The van der Waals surface area contributed by atoms with Crippen LogP contribution in [0.5, 0.6) is 0 Å². The lowest BCUT2D eigenvalue weighted by Gasteiger charge is -2.34. The summed E-state index contributed by atoms with van der Waals surface area (Å²) in [4.78, 5) is 27.2. The van der Waals surface area contributed by atoms with Gasteiger partial charge in [-0.1, -0.05) is 6.07 Å². The highest BCUT2D eigenvalue weighted by Gasteiger charge is 2.38. The van der Waals surface area contributed by atoms with Crippen LogP contribution < -0.4 is 5.32 Å². The highest BCUT2D eigenvalue weighted by molar-refractivity contribution is 7.89. The quantitative estimate of drug-likeness (QED) is 0.669. The van der Waals surface area contributed by atoms with Gasteiger partial charge in [0.15, 0.2) is 0 Å². The van der Waals surface area contributed by atoms with Crippen molar-refractivity contribution in [1.29, 1.82) is 5.26 Å². The monoisotopic (exact) mass is 488 g/mol. The van der Waals surface area contributed by atoms with Crippen LogP contribution in [0.25, 0.3) is 0 Å². The number of nitriles is 1. The minimum absolute atomic E-state index is 0.0527. The third-order valence-corrected chi connectivity index (χ3v) is 7.78. The number of carbonyl (C=O) groups is 2. The lowest BCUT2D eigenvalue weighted by molar-refractivity contribution is -0.125. The molecule has 2 aliphatic rings. The zero-order valence-electron chi connectivity index (χ0n) is 18.1. The van der Waals surface area contributed by atoms with E-state index in [4.69, 9.17) is 5.26 Å². The Morgan fingerprint density at radius 3 is 2.50 bits per heavy atom. The van der Waals surface area contributed by atoms with Crippen molar-refractivity contribution in [3.05, 3.63) is 65.2 Å². The van der Waals surface area contributed by atoms with Crippen molar-refractivity contribution in [1.82, 2.24) is 14.5 Å². The molecule has 0 unspecified atom stereocenters. The Kier molecular flexibility index (Phi) is 6.63. The van der Waals surface area contributed by atoms with Crippen molar-refractivity contribution >= 4 is 21.8 Å². The fraction of sp³-hybridized carbons (Fsp3) is 0.348. The van der Waals surface area contributed by atoms with E-state index in [-0.39, 0.29) is 41.6 Å². The minimum atomic E-state index is -3.83. The second kappa shape index (κ2) is 9.48. The molecule has 8 nitrogen and oxygen atoms in total. The van der Waals surface area contributed by atoms with Crippen LogP contribution in [0, 0.1) is 28.9 Å². The van der Waals surface area contributed by atoms with Gasteiger partial charge in [-0.25, -0.2) is 17.2 Å². The van der Waals surface area contributed by atoms with Crippen LogP contribution in [-0.2, 0) is 21.4 Å². The van der Waals surface area contributed by atoms with E-state index in [9.17, 15) is 26.8 Å². The van der Waals surface area contributed by atoms with Crippen LogP contribution in [0.1, 0.15) is 28.8 Å². The third-order valence-electron chi connectivity index (χ3n) is 5.95. The summed E-state index contributed by atoms with van der Waals surface area (Å²) >= 11 is 0. The SMILES string of the molecule is N#CC1CN(S(=O)(=O)c2cccc(C(=O)N3CCC[C@@H]3C(=O)NCc3cc(F)cc(F)c3)c2)C1. The van der Waals surface area contributed by atoms with Gasteiger partial charge >= 0.3 is 0 Å². The van der Waals surface area contributed by atoms with Gasteiger partial charge in [0.2, 0.25) is 15.9 Å². The first kappa shape index (κ1) is 23.8. The van der Waals surface area contributed by atoms with Crippen LogP contribution in [0.15, 0.2) is 47.4 Å². The number of sulfonamides is 1. The molecule has 34 heavy (non-hydrogen) atoms. The van der Waals surface area contributed by atoms with Gasteiger partial charge in [0.25, 0.3) is 5.91 Å². The number of rotatable bonds is 6. The number of amides is 2. The van der Waals surface area contributed by atoms with E-state index in [1.54, 1.807) is 0 Å². The van der Waals surface area contributed by atoms with E-state index in [1.165, 1.54) is 33.5 Å². The number of halogens is 2. The topological polar surface area (TPSA) is 111 Å². The van der Waals surface area contributed by atoms with Crippen LogP contribution >= 0.6 is 0 Å². The van der Waals surface area contributed by atoms with Gasteiger partial charge in [-0.2, -0.15) is 9.57 Å². The van der Waals surface area contributed by atoms with E-state index in [1.807, 2.05) is 6.07 Å². The Morgan fingerprint density at radius 1 is 1.12 bits per heavy atom. The molecule has 1 atom stereocenters. The largest absolute Gasteiger partial charge is 0.350 e. The molecule has 2 amide bonds. The molecule has 178 valence electrons. The Morgan fingerprint density at radius 2 is 1.82 bits per heavy atom. The number of hydrogen-bond acceptors (Lipinski definition) is 5. The number of carbonyl (C=O) groups excluding carboxylic acids is 2. The standard InChI is InChI=1S/C23H22F2N4O4S/c24-18-7-15(8-19(25)10-18)12-27-22(30)21-5-2-6-29(21)23(31)17-3-1-4-20(9-17)34(32,33)28-13-16(11-26)14-28/h1,3-4,7-10,16,21H,2,5-6,12-14H2,(H,27,30)/t21-/m1/s1. The van der Waals surface area contributed by atoms with Gasteiger partial charge in [-0.3, -0.25) is 9.59 Å². The van der Waals surface area contributed by atoms with Crippen molar-refractivity contribution in [3.8, 4) is 6.07 Å². The summed E-state index contributed by atoms with van der Waals surface area (Å²) in [5, 5.41) is 11.5. The van der Waals surface area contributed by atoms with Crippen molar-refractivity contribution < 1.29 is 26.8 Å². The molecule has 0 spiro atoms. The Hall–Kier alpha value is -3.36. The lowest BCUT2D eigenvalue weighted by atomic mass is 10.1. The molecule has 4 rings (SSSR count). The van der Waals surface area contributed by atoms with Crippen LogP contribution in [0.4, 0.5) is 8.78 Å². The van der Waals surface area contributed by atoms with Crippen LogP contribution in [0.2, 0.25) is 0 Å². The van der Waals surface area contributed by atoms with E-state index in [2.05, 4.69) is 5.32 Å². The minimum Gasteiger partial charge on any atom is -0.350 e. The van der Waals surface area contributed by atoms with E-state index in [0.29, 0.717) is 19.4 Å². The predicted molar refractivity (Wildman–Crippen MR) is 117 cm³/mol. The van der Waals surface area contributed by atoms with Gasteiger partial charge in [0, 0.05) is 37.8 Å². The number of hydrogen-bond donors (Lipinski definition) is 1. The van der Waals surface area contributed by atoms with Gasteiger partial charge in [0.05, 0.1) is 16.9 Å². The molecule has 0 saturated carbocycles. The van der Waals surface area contributed by atoms with Crippen molar-refractivity contribution in [2.75, 3.05) is 19.6 Å². The fourth-order valence-corrected chi connectivity index (χ4v) is 5.70. The maximum atomic E-state index is 13.4. The molecular formula is C23H22F2N4O4S. The average Bonchev–Trinajstić information content (AvgIpc) is 3.25. The zero-order chi connectivity index (χ0) is 24.5. The highest BCUT2D eigenvalue weighted by Crippen LogP contribution is 2.27. The van der Waals surface area contributed by atoms with E-state index in [0.717, 1.165) is 18.2 Å². The molecule has 11 heteroatoms. The van der Waals surface area contributed by atoms with Crippen LogP contribution in [0.3, 0.4) is 0 Å². The summed E-state index contributed by atoms with van der Waals surface area (Å²) in [6.45, 7) is 0.443. The smallest absolute Gasteiger partial charge is 0.254 e. The molecule has 1 N–H and O–H groups in total. The molecule has 0 aromatic heterocycles. The second-order valence-corrected chi connectivity index (χ2v) is 10.3.